The lowest BCUT2D eigenvalue weighted by atomic mass is 10.2. The van der Waals surface area contributed by atoms with Gasteiger partial charge in [-0.05, 0) is 43.0 Å². The van der Waals surface area contributed by atoms with Crippen LogP contribution in [0.2, 0.25) is 0 Å². The highest BCUT2D eigenvalue weighted by atomic mass is 32.1. The third-order valence-electron chi connectivity index (χ3n) is 3.46. The maximum Gasteiger partial charge on any atom is 0.160 e. The lowest BCUT2D eigenvalue weighted by Crippen LogP contribution is -1.96. The van der Waals surface area contributed by atoms with Crippen LogP contribution in [-0.2, 0) is 6.42 Å². The van der Waals surface area contributed by atoms with E-state index in [1.165, 1.54) is 23.5 Å². The second-order valence-electron chi connectivity index (χ2n) is 4.98. The van der Waals surface area contributed by atoms with Crippen LogP contribution in [0.3, 0.4) is 0 Å². The molecule has 1 aliphatic rings. The lowest BCUT2D eigenvalue weighted by Gasteiger charge is -2.03. The molecule has 0 radical (unpaired) electrons. The van der Waals surface area contributed by atoms with Crippen molar-refractivity contribution in [3.8, 4) is 11.5 Å². The standard InChI is InChI=1S/C16H18N2O2S/c1-20-14-7-5-11(10-13(14)19)6-8-15-18-12-4-2-3-9-17-16(12)21-15/h5-8,10,17,19H,2-4,9H2,1H3/b8-6+. The summed E-state index contributed by atoms with van der Waals surface area (Å²) >= 11 is 1.68. The van der Waals surface area contributed by atoms with Crippen LogP contribution in [0.15, 0.2) is 18.2 Å². The lowest BCUT2D eigenvalue weighted by molar-refractivity contribution is 0.373. The smallest absolute Gasteiger partial charge is 0.160 e. The molecule has 110 valence electrons. The third-order valence-corrected chi connectivity index (χ3v) is 4.48. The molecule has 1 aromatic heterocycles. The highest BCUT2D eigenvalue weighted by Crippen LogP contribution is 2.30. The van der Waals surface area contributed by atoms with Crippen molar-refractivity contribution in [3.63, 3.8) is 0 Å². The molecule has 0 fully saturated rings. The Bertz CT molecular complexity index is 641. The molecule has 0 saturated heterocycles. The van der Waals surface area contributed by atoms with Gasteiger partial charge in [-0.1, -0.05) is 23.5 Å². The van der Waals surface area contributed by atoms with Gasteiger partial charge >= 0.3 is 0 Å². The van der Waals surface area contributed by atoms with Gasteiger partial charge in [0.1, 0.15) is 10.0 Å². The number of phenolic OH excluding ortho intramolecular Hbond substituents is 1. The van der Waals surface area contributed by atoms with Crippen LogP contribution in [0.1, 0.15) is 29.1 Å². The molecule has 0 unspecified atom stereocenters. The summed E-state index contributed by atoms with van der Waals surface area (Å²) in [6, 6.07) is 5.35. The number of aryl methyl sites for hydroxylation is 1. The normalized spacial score (nSPS) is 14.5. The summed E-state index contributed by atoms with van der Waals surface area (Å²) in [6.07, 6.45) is 7.40. The fourth-order valence-corrected chi connectivity index (χ4v) is 3.29. The minimum atomic E-state index is 0.149. The number of rotatable bonds is 3. The van der Waals surface area contributed by atoms with Crippen molar-refractivity contribution in [2.45, 2.75) is 19.3 Å². The Balaban J connectivity index is 1.78. The largest absolute Gasteiger partial charge is 0.504 e. The van der Waals surface area contributed by atoms with Gasteiger partial charge in [0.05, 0.1) is 12.8 Å². The molecular formula is C16H18N2O2S. The van der Waals surface area contributed by atoms with E-state index in [0.29, 0.717) is 5.75 Å². The predicted molar refractivity (Wildman–Crippen MR) is 87.1 cm³/mol. The van der Waals surface area contributed by atoms with E-state index < -0.39 is 0 Å². The number of hydrogen-bond donors (Lipinski definition) is 2. The van der Waals surface area contributed by atoms with Gasteiger partial charge in [-0.15, -0.1) is 0 Å². The first kappa shape index (κ1) is 13.9. The summed E-state index contributed by atoms with van der Waals surface area (Å²) in [5.74, 6) is 0.633. The maximum absolute atomic E-state index is 9.77. The van der Waals surface area contributed by atoms with Gasteiger partial charge in [0, 0.05) is 6.54 Å². The van der Waals surface area contributed by atoms with Gasteiger partial charge < -0.3 is 15.2 Å². The SMILES string of the molecule is COc1ccc(/C=C/c2nc3c(s2)NCCCC3)cc1O. The van der Waals surface area contributed by atoms with Crippen molar-refractivity contribution >= 4 is 28.5 Å². The Hall–Kier alpha value is -2.01. The van der Waals surface area contributed by atoms with Crippen molar-refractivity contribution in [1.29, 1.82) is 0 Å². The zero-order valence-electron chi connectivity index (χ0n) is 11.9. The van der Waals surface area contributed by atoms with Crippen LogP contribution < -0.4 is 10.1 Å². The third kappa shape index (κ3) is 3.19. The fourth-order valence-electron chi connectivity index (χ4n) is 2.35. The van der Waals surface area contributed by atoms with Gasteiger partial charge in [0.15, 0.2) is 11.5 Å². The van der Waals surface area contributed by atoms with E-state index in [9.17, 15) is 5.11 Å². The second-order valence-corrected chi connectivity index (χ2v) is 6.01. The maximum atomic E-state index is 9.77. The van der Waals surface area contributed by atoms with E-state index in [0.717, 1.165) is 23.5 Å². The van der Waals surface area contributed by atoms with Crippen LogP contribution >= 0.6 is 11.3 Å². The number of fused-ring (bicyclic) bond motifs is 1. The molecule has 3 rings (SSSR count). The van der Waals surface area contributed by atoms with Crippen LogP contribution in [0.25, 0.3) is 12.2 Å². The molecule has 0 saturated carbocycles. The van der Waals surface area contributed by atoms with Gasteiger partial charge in [0.2, 0.25) is 0 Å². The summed E-state index contributed by atoms with van der Waals surface area (Å²) in [6.45, 7) is 1.03. The topological polar surface area (TPSA) is 54.4 Å². The molecule has 1 aliphatic heterocycles. The minimum absolute atomic E-state index is 0.149. The van der Waals surface area contributed by atoms with Crippen LogP contribution in [0.4, 0.5) is 5.00 Å². The predicted octanol–water partition coefficient (Wildman–Crippen LogP) is 3.78. The van der Waals surface area contributed by atoms with Gasteiger partial charge in [0.25, 0.3) is 0 Å². The Labute approximate surface area is 128 Å². The van der Waals surface area contributed by atoms with E-state index in [4.69, 9.17) is 4.74 Å². The van der Waals surface area contributed by atoms with E-state index >= 15 is 0 Å². The summed E-state index contributed by atoms with van der Waals surface area (Å²) in [5.41, 5.74) is 2.10. The van der Waals surface area contributed by atoms with Crippen LogP contribution in [0, 0.1) is 0 Å². The molecule has 2 N–H and O–H groups in total. The number of anilines is 1. The molecule has 0 bridgehead atoms. The highest BCUT2D eigenvalue weighted by Gasteiger charge is 2.12. The quantitative estimate of drug-likeness (QED) is 0.906. The summed E-state index contributed by atoms with van der Waals surface area (Å²) in [5, 5.41) is 15.4. The average molecular weight is 302 g/mol. The van der Waals surface area contributed by atoms with Crippen molar-refractivity contribution < 1.29 is 9.84 Å². The van der Waals surface area contributed by atoms with Crippen molar-refractivity contribution in [2.24, 2.45) is 0 Å². The van der Waals surface area contributed by atoms with Crippen molar-refractivity contribution in [3.05, 3.63) is 34.5 Å². The number of nitrogens with zero attached hydrogens (tertiary/aromatic N) is 1. The number of aromatic hydroxyl groups is 1. The molecule has 4 nitrogen and oxygen atoms in total. The van der Waals surface area contributed by atoms with E-state index in [2.05, 4.69) is 10.3 Å². The molecule has 21 heavy (non-hydrogen) atoms. The van der Waals surface area contributed by atoms with E-state index in [1.807, 2.05) is 18.2 Å². The van der Waals surface area contributed by atoms with Gasteiger partial charge in [-0.25, -0.2) is 4.98 Å². The average Bonchev–Trinajstić information content (AvgIpc) is 2.75. The fraction of sp³-hybridized carbons (Fsp3) is 0.312. The molecular weight excluding hydrogens is 284 g/mol. The molecule has 2 aromatic rings. The first-order valence-corrected chi connectivity index (χ1v) is 7.86. The Morgan fingerprint density at radius 2 is 2.24 bits per heavy atom. The molecule has 0 amide bonds. The van der Waals surface area contributed by atoms with Crippen molar-refractivity contribution in [2.75, 3.05) is 19.0 Å². The summed E-state index contributed by atoms with van der Waals surface area (Å²) in [4.78, 5) is 4.66. The molecule has 5 heteroatoms. The number of hydrogen-bond acceptors (Lipinski definition) is 5. The molecule has 0 atom stereocenters. The number of nitrogens with one attached hydrogen (secondary N) is 1. The van der Waals surface area contributed by atoms with Crippen LogP contribution in [0.5, 0.6) is 11.5 Å². The van der Waals surface area contributed by atoms with Crippen LogP contribution in [-0.4, -0.2) is 23.7 Å². The number of ether oxygens (including phenoxy) is 1. The van der Waals surface area contributed by atoms with Crippen molar-refractivity contribution in [1.82, 2.24) is 4.98 Å². The Kier molecular flexibility index (Phi) is 4.10. The number of aromatic nitrogens is 1. The zero-order chi connectivity index (χ0) is 14.7. The zero-order valence-corrected chi connectivity index (χ0v) is 12.7. The number of methoxy groups -OCH3 is 1. The first-order valence-electron chi connectivity index (χ1n) is 7.05. The Morgan fingerprint density at radius 3 is 3.05 bits per heavy atom. The molecule has 0 aliphatic carbocycles. The number of benzene rings is 1. The second kappa shape index (κ2) is 6.18. The summed E-state index contributed by atoms with van der Waals surface area (Å²) < 4.78 is 5.04. The van der Waals surface area contributed by atoms with E-state index in [-0.39, 0.29) is 5.75 Å². The Morgan fingerprint density at radius 1 is 1.33 bits per heavy atom. The van der Waals surface area contributed by atoms with Gasteiger partial charge in [-0.2, -0.15) is 0 Å². The molecule has 1 aromatic carbocycles. The monoisotopic (exact) mass is 302 g/mol. The molecule has 0 spiro atoms. The number of thiazole rings is 1. The highest BCUT2D eigenvalue weighted by molar-refractivity contribution is 7.16. The number of phenols is 1. The summed E-state index contributed by atoms with van der Waals surface area (Å²) in [7, 11) is 1.54. The first-order chi connectivity index (χ1) is 10.3. The van der Waals surface area contributed by atoms with E-state index in [1.54, 1.807) is 30.6 Å². The van der Waals surface area contributed by atoms with Gasteiger partial charge in [-0.3, -0.25) is 0 Å². The molecule has 2 heterocycles. The minimum Gasteiger partial charge on any atom is -0.504 e.